The molecule has 0 atom stereocenters. The van der Waals surface area contributed by atoms with Gasteiger partial charge >= 0.3 is 0 Å². The molecule has 0 aliphatic carbocycles. The van der Waals surface area contributed by atoms with E-state index in [2.05, 4.69) is 267 Å². The van der Waals surface area contributed by atoms with Crippen LogP contribution in [0.3, 0.4) is 0 Å². The van der Waals surface area contributed by atoms with Crippen LogP contribution in [0.15, 0.2) is 261 Å². The van der Waals surface area contributed by atoms with Gasteiger partial charge in [0.25, 0.3) is 0 Å². The number of fused-ring (bicyclic) bond motifs is 15. The second kappa shape index (κ2) is 16.2. The van der Waals surface area contributed by atoms with Crippen molar-refractivity contribution in [1.29, 1.82) is 0 Å². The maximum atomic E-state index is 6.38. The van der Waals surface area contributed by atoms with Crippen LogP contribution in [0.25, 0.3) is 148 Å². The molecular weight excluding hydrogens is 911 g/mol. The lowest BCUT2D eigenvalue weighted by atomic mass is 9.91. The summed E-state index contributed by atoms with van der Waals surface area (Å²) in [4.78, 5) is 10.7. The van der Waals surface area contributed by atoms with Crippen molar-refractivity contribution in [3.63, 3.8) is 0 Å². The van der Waals surface area contributed by atoms with Crippen molar-refractivity contribution in [3.05, 3.63) is 261 Å². The van der Waals surface area contributed by atoms with Crippen LogP contribution in [-0.2, 0) is 0 Å². The van der Waals surface area contributed by atoms with Gasteiger partial charge in [0, 0.05) is 55.8 Å². The molecule has 0 amide bonds. The van der Waals surface area contributed by atoms with Gasteiger partial charge in [0.2, 0.25) is 0 Å². The molecule has 0 N–H and O–H groups in total. The Morgan fingerprint density at radius 1 is 0.240 bits per heavy atom. The second-order valence-electron chi connectivity index (χ2n) is 19.6. The molecule has 11 aromatic carbocycles. The molecule has 5 aromatic heterocycles. The molecule has 5 heterocycles. The molecule has 0 aliphatic heterocycles. The van der Waals surface area contributed by atoms with Crippen molar-refractivity contribution < 1.29 is 0 Å². The predicted octanol–water partition coefficient (Wildman–Crippen LogP) is 18.2. The fraction of sp³-hybridized carbons (Fsp3) is 0. The van der Waals surface area contributed by atoms with Gasteiger partial charge in [0.05, 0.1) is 38.8 Å². The Morgan fingerprint density at radius 2 is 0.613 bits per heavy atom. The second-order valence-corrected chi connectivity index (χ2v) is 19.6. The number of benzene rings is 11. The number of rotatable bonds is 6. The molecular formula is C70H43N5. The topological polar surface area (TPSA) is 40.6 Å². The van der Waals surface area contributed by atoms with E-state index in [1.165, 1.54) is 64.6 Å². The third kappa shape index (κ3) is 6.07. The third-order valence-electron chi connectivity index (χ3n) is 15.7. The van der Waals surface area contributed by atoms with E-state index in [1.54, 1.807) is 0 Å². The SMILES string of the molecule is c1ccc(-c2c(-n3c4ccccc4c4c5ccccc5ccc43)nc(-n3c4ccccc4c4c5ccccc5ccc43)c(-n3c4ccccc4c4c5ccccc5ccc43)c2-c2ccc(-c3ccncc3)cc2)cc1. The Hall–Kier alpha value is -10.1. The summed E-state index contributed by atoms with van der Waals surface area (Å²) in [5.74, 6) is 1.66. The van der Waals surface area contributed by atoms with E-state index in [0.29, 0.717) is 0 Å². The Labute approximate surface area is 431 Å². The Kier molecular flexibility index (Phi) is 8.97. The average Bonchev–Trinajstić information content (AvgIpc) is 4.23. The molecule has 0 bridgehead atoms. The Balaban J connectivity index is 1.19. The van der Waals surface area contributed by atoms with E-state index < -0.39 is 0 Å². The number of hydrogen-bond acceptors (Lipinski definition) is 2. The van der Waals surface area contributed by atoms with Crippen molar-refractivity contribution >= 4 is 97.7 Å². The molecule has 0 spiro atoms. The fourth-order valence-corrected chi connectivity index (χ4v) is 12.5. The minimum Gasteiger partial charge on any atom is -0.305 e. The molecule has 0 aliphatic rings. The van der Waals surface area contributed by atoms with E-state index in [1.807, 2.05) is 12.4 Å². The highest BCUT2D eigenvalue weighted by Crippen LogP contribution is 2.50. The number of aromatic nitrogens is 5. The van der Waals surface area contributed by atoms with Gasteiger partial charge in [0.1, 0.15) is 5.82 Å². The lowest BCUT2D eigenvalue weighted by Gasteiger charge is -2.26. The van der Waals surface area contributed by atoms with Crippen LogP contribution in [0.4, 0.5) is 0 Å². The van der Waals surface area contributed by atoms with Crippen LogP contribution in [0.5, 0.6) is 0 Å². The Morgan fingerprint density at radius 3 is 1.12 bits per heavy atom. The smallest absolute Gasteiger partial charge is 0.165 e. The number of pyridine rings is 2. The summed E-state index contributed by atoms with van der Waals surface area (Å²) in [6.45, 7) is 0. The summed E-state index contributed by atoms with van der Waals surface area (Å²) < 4.78 is 7.44. The summed E-state index contributed by atoms with van der Waals surface area (Å²) in [7, 11) is 0. The molecule has 16 aromatic rings. The van der Waals surface area contributed by atoms with Gasteiger partial charge in [-0.05, 0) is 103 Å². The van der Waals surface area contributed by atoms with Gasteiger partial charge in [-0.15, -0.1) is 0 Å². The fourth-order valence-electron chi connectivity index (χ4n) is 12.5. The van der Waals surface area contributed by atoms with E-state index in [-0.39, 0.29) is 0 Å². The summed E-state index contributed by atoms with van der Waals surface area (Å²) in [5, 5.41) is 14.4. The monoisotopic (exact) mass is 953 g/mol. The van der Waals surface area contributed by atoms with Crippen molar-refractivity contribution in [2.45, 2.75) is 0 Å². The zero-order valence-corrected chi connectivity index (χ0v) is 40.6. The zero-order valence-electron chi connectivity index (χ0n) is 40.6. The minimum absolute atomic E-state index is 0.821. The van der Waals surface area contributed by atoms with Crippen LogP contribution in [0, 0.1) is 0 Å². The maximum absolute atomic E-state index is 6.38. The van der Waals surface area contributed by atoms with Crippen molar-refractivity contribution in [3.8, 4) is 50.7 Å². The van der Waals surface area contributed by atoms with E-state index in [0.717, 1.165) is 83.8 Å². The van der Waals surface area contributed by atoms with Gasteiger partial charge in [-0.3, -0.25) is 14.1 Å². The van der Waals surface area contributed by atoms with Crippen molar-refractivity contribution in [2.75, 3.05) is 0 Å². The lowest BCUT2D eigenvalue weighted by molar-refractivity contribution is 0.987. The van der Waals surface area contributed by atoms with Crippen LogP contribution in [0.1, 0.15) is 0 Å². The van der Waals surface area contributed by atoms with Gasteiger partial charge in [-0.1, -0.05) is 200 Å². The largest absolute Gasteiger partial charge is 0.305 e. The normalized spacial score (nSPS) is 12.0. The summed E-state index contributed by atoms with van der Waals surface area (Å²) in [6, 6.07) is 91.1. The molecule has 0 saturated carbocycles. The summed E-state index contributed by atoms with van der Waals surface area (Å²) >= 11 is 0. The van der Waals surface area contributed by atoms with Gasteiger partial charge in [-0.2, -0.15) is 0 Å². The third-order valence-corrected chi connectivity index (χ3v) is 15.7. The first-order valence-corrected chi connectivity index (χ1v) is 25.6. The standard InChI is InChI=1S/C70H43N5/c1-2-19-49(20-3-1)64-63(50-32-30-44(31-33-50)45-40-42-71-43-41-45)68(73-57-27-13-10-24-54(57)65-51-21-7-4-16-46(51)34-37-60(65)73)70(75-59-29-15-12-26-56(59)67-53-23-9-6-18-48(53)36-39-62(67)75)72-69(64)74-58-28-14-11-25-55(58)66-52-22-8-5-17-47(52)35-38-61(66)74/h1-43H. The predicted molar refractivity (Wildman–Crippen MR) is 314 cm³/mol. The van der Waals surface area contributed by atoms with Crippen molar-refractivity contribution in [2.24, 2.45) is 0 Å². The molecule has 16 rings (SSSR count). The first kappa shape index (κ1) is 41.5. The Bertz CT molecular complexity index is 4980. The highest BCUT2D eigenvalue weighted by molar-refractivity contribution is 6.25. The molecule has 0 saturated heterocycles. The summed E-state index contributed by atoms with van der Waals surface area (Å²) in [5.41, 5.74) is 14.0. The quantitative estimate of drug-likeness (QED) is 0.167. The van der Waals surface area contributed by atoms with E-state index in [9.17, 15) is 0 Å². The first-order chi connectivity index (χ1) is 37.3. The summed E-state index contributed by atoms with van der Waals surface area (Å²) in [6.07, 6.45) is 3.73. The number of hydrogen-bond donors (Lipinski definition) is 0. The molecule has 0 radical (unpaired) electrons. The molecule has 5 heteroatoms. The number of para-hydroxylation sites is 3. The lowest BCUT2D eigenvalue weighted by Crippen LogP contribution is -2.13. The molecule has 0 unspecified atom stereocenters. The highest BCUT2D eigenvalue weighted by Gasteiger charge is 2.31. The zero-order chi connectivity index (χ0) is 49.1. The van der Waals surface area contributed by atoms with Gasteiger partial charge in [0.15, 0.2) is 5.82 Å². The maximum Gasteiger partial charge on any atom is 0.165 e. The van der Waals surface area contributed by atoms with Gasteiger partial charge < -0.3 is 4.57 Å². The van der Waals surface area contributed by atoms with Gasteiger partial charge in [-0.25, -0.2) is 4.98 Å². The van der Waals surface area contributed by atoms with Crippen LogP contribution in [0.2, 0.25) is 0 Å². The highest BCUT2D eigenvalue weighted by atomic mass is 15.2. The molecule has 0 fully saturated rings. The van der Waals surface area contributed by atoms with E-state index >= 15 is 0 Å². The first-order valence-electron chi connectivity index (χ1n) is 25.6. The van der Waals surface area contributed by atoms with E-state index in [4.69, 9.17) is 4.98 Å². The van der Waals surface area contributed by atoms with Crippen LogP contribution >= 0.6 is 0 Å². The molecule has 75 heavy (non-hydrogen) atoms. The van der Waals surface area contributed by atoms with Crippen LogP contribution < -0.4 is 0 Å². The van der Waals surface area contributed by atoms with Crippen molar-refractivity contribution in [1.82, 2.24) is 23.7 Å². The molecule has 5 nitrogen and oxygen atoms in total. The minimum atomic E-state index is 0.821. The van der Waals surface area contributed by atoms with Crippen LogP contribution in [-0.4, -0.2) is 23.7 Å². The molecule has 348 valence electrons. The average molecular weight is 954 g/mol. The number of nitrogens with zero attached hydrogens (tertiary/aromatic N) is 5.